The summed E-state index contributed by atoms with van der Waals surface area (Å²) in [5.74, 6) is -0.958. The number of benzene rings is 1. The van der Waals surface area contributed by atoms with Gasteiger partial charge in [0.15, 0.2) is 0 Å². The summed E-state index contributed by atoms with van der Waals surface area (Å²) in [5.41, 5.74) is 0.778. The second-order valence-corrected chi connectivity index (χ2v) is 4.22. The number of rotatable bonds is 4. The maximum absolute atomic E-state index is 13.0. The van der Waals surface area contributed by atoms with Crippen molar-refractivity contribution in [1.82, 2.24) is 5.32 Å². The lowest BCUT2D eigenvalue weighted by Gasteiger charge is -2.16. The molecule has 0 amide bonds. The molecule has 3 heteroatoms. The zero-order chi connectivity index (χ0) is 10.9. The monoisotopic (exact) mass is 211 g/mol. The summed E-state index contributed by atoms with van der Waals surface area (Å²) < 4.78 is 26.1. The molecule has 0 saturated heterocycles. The molecule has 1 fully saturated rings. The van der Waals surface area contributed by atoms with E-state index >= 15 is 0 Å². The second kappa shape index (κ2) is 3.89. The molecule has 0 heterocycles. The van der Waals surface area contributed by atoms with Crippen molar-refractivity contribution in [3.05, 3.63) is 35.4 Å². The standard InChI is InChI=1S/C12H15F2N/c1-2-15-8-12(3-4-12)9-5-10(13)7-11(14)6-9/h5-7,15H,2-4,8H2,1H3. The molecule has 0 bridgehead atoms. The zero-order valence-corrected chi connectivity index (χ0v) is 8.82. The number of likely N-dealkylation sites (N-methyl/N-ethyl adjacent to an activating group) is 1. The minimum Gasteiger partial charge on any atom is -0.316 e. The summed E-state index contributed by atoms with van der Waals surface area (Å²) in [6, 6.07) is 3.83. The van der Waals surface area contributed by atoms with Crippen molar-refractivity contribution in [1.29, 1.82) is 0 Å². The van der Waals surface area contributed by atoms with Gasteiger partial charge in [0, 0.05) is 18.0 Å². The topological polar surface area (TPSA) is 12.0 Å². The van der Waals surface area contributed by atoms with Crippen LogP contribution in [0.3, 0.4) is 0 Å². The van der Waals surface area contributed by atoms with Gasteiger partial charge in [0.05, 0.1) is 0 Å². The summed E-state index contributed by atoms with van der Waals surface area (Å²) in [5, 5.41) is 3.24. The summed E-state index contributed by atoms with van der Waals surface area (Å²) in [6.07, 6.45) is 2.03. The Bertz CT molecular complexity index is 338. The molecule has 0 aromatic heterocycles. The highest BCUT2D eigenvalue weighted by atomic mass is 19.1. The fourth-order valence-electron chi connectivity index (χ4n) is 1.94. The molecule has 0 radical (unpaired) electrons. The molecule has 1 nitrogen and oxygen atoms in total. The lowest BCUT2D eigenvalue weighted by atomic mass is 9.95. The van der Waals surface area contributed by atoms with E-state index in [9.17, 15) is 8.78 Å². The first-order valence-corrected chi connectivity index (χ1v) is 5.33. The van der Waals surface area contributed by atoms with Crippen molar-refractivity contribution in [2.75, 3.05) is 13.1 Å². The van der Waals surface area contributed by atoms with Crippen molar-refractivity contribution >= 4 is 0 Å². The zero-order valence-electron chi connectivity index (χ0n) is 8.82. The Morgan fingerprint density at radius 3 is 2.27 bits per heavy atom. The molecular weight excluding hydrogens is 196 g/mol. The molecule has 0 atom stereocenters. The average molecular weight is 211 g/mol. The van der Waals surface area contributed by atoms with Gasteiger partial charge in [-0.1, -0.05) is 6.92 Å². The van der Waals surface area contributed by atoms with Crippen LogP contribution in [-0.2, 0) is 5.41 Å². The van der Waals surface area contributed by atoms with Crippen molar-refractivity contribution < 1.29 is 8.78 Å². The first-order chi connectivity index (χ1) is 7.16. The van der Waals surface area contributed by atoms with E-state index in [1.807, 2.05) is 6.92 Å². The Morgan fingerprint density at radius 1 is 1.20 bits per heavy atom. The van der Waals surface area contributed by atoms with Gasteiger partial charge in [-0.25, -0.2) is 8.78 Å². The van der Waals surface area contributed by atoms with Crippen molar-refractivity contribution in [2.24, 2.45) is 0 Å². The van der Waals surface area contributed by atoms with Crippen LogP contribution in [0.2, 0.25) is 0 Å². The Hall–Kier alpha value is -0.960. The molecule has 2 rings (SSSR count). The third-order valence-electron chi connectivity index (χ3n) is 3.04. The van der Waals surface area contributed by atoms with E-state index in [0.29, 0.717) is 0 Å². The molecule has 1 aromatic carbocycles. The van der Waals surface area contributed by atoms with Crippen LogP contribution in [0, 0.1) is 11.6 Å². The van der Waals surface area contributed by atoms with Crippen LogP contribution in [0.5, 0.6) is 0 Å². The summed E-state index contributed by atoms with van der Waals surface area (Å²) in [7, 11) is 0. The van der Waals surface area contributed by atoms with Crippen LogP contribution in [-0.4, -0.2) is 13.1 Å². The van der Waals surface area contributed by atoms with Crippen molar-refractivity contribution in [3.8, 4) is 0 Å². The first-order valence-electron chi connectivity index (χ1n) is 5.33. The van der Waals surface area contributed by atoms with E-state index in [1.54, 1.807) is 0 Å². The second-order valence-electron chi connectivity index (χ2n) is 4.22. The molecule has 15 heavy (non-hydrogen) atoms. The highest BCUT2D eigenvalue weighted by Crippen LogP contribution is 2.47. The number of nitrogens with one attached hydrogen (secondary N) is 1. The minimum absolute atomic E-state index is 0.0149. The van der Waals surface area contributed by atoms with Crippen LogP contribution in [0.15, 0.2) is 18.2 Å². The van der Waals surface area contributed by atoms with Gasteiger partial charge in [0.25, 0.3) is 0 Å². The smallest absolute Gasteiger partial charge is 0.126 e. The van der Waals surface area contributed by atoms with Gasteiger partial charge in [-0.15, -0.1) is 0 Å². The number of halogens is 2. The predicted molar refractivity (Wildman–Crippen MR) is 55.8 cm³/mol. The first kappa shape index (κ1) is 10.6. The van der Waals surface area contributed by atoms with Crippen molar-refractivity contribution in [3.63, 3.8) is 0 Å². The van der Waals surface area contributed by atoms with Gasteiger partial charge in [0.2, 0.25) is 0 Å². The molecule has 0 unspecified atom stereocenters. The molecule has 0 spiro atoms. The maximum atomic E-state index is 13.0. The van der Waals surface area contributed by atoms with Crippen LogP contribution in [0.1, 0.15) is 25.3 Å². The lowest BCUT2D eigenvalue weighted by Crippen LogP contribution is -2.26. The van der Waals surface area contributed by atoms with E-state index in [0.717, 1.165) is 37.6 Å². The highest BCUT2D eigenvalue weighted by Gasteiger charge is 2.44. The van der Waals surface area contributed by atoms with Crippen LogP contribution >= 0.6 is 0 Å². The molecule has 1 aliphatic carbocycles. The van der Waals surface area contributed by atoms with Gasteiger partial charge in [-0.05, 0) is 37.1 Å². The van der Waals surface area contributed by atoms with E-state index in [-0.39, 0.29) is 5.41 Å². The molecular formula is C12H15F2N. The van der Waals surface area contributed by atoms with Gasteiger partial charge >= 0.3 is 0 Å². The number of hydrogen-bond acceptors (Lipinski definition) is 1. The molecule has 1 aromatic rings. The largest absolute Gasteiger partial charge is 0.316 e. The summed E-state index contributed by atoms with van der Waals surface area (Å²) in [4.78, 5) is 0. The SMILES string of the molecule is CCNCC1(c2cc(F)cc(F)c2)CC1. The van der Waals surface area contributed by atoms with E-state index in [1.165, 1.54) is 12.1 Å². The Balaban J connectivity index is 2.21. The molecule has 1 aliphatic rings. The third kappa shape index (κ3) is 2.17. The molecule has 1 N–H and O–H groups in total. The van der Waals surface area contributed by atoms with E-state index in [2.05, 4.69) is 5.32 Å². The maximum Gasteiger partial charge on any atom is 0.126 e. The minimum atomic E-state index is -0.479. The van der Waals surface area contributed by atoms with Gasteiger partial charge in [-0.3, -0.25) is 0 Å². The van der Waals surface area contributed by atoms with Gasteiger partial charge in [0.1, 0.15) is 11.6 Å². The fourth-order valence-corrected chi connectivity index (χ4v) is 1.94. The normalized spacial score (nSPS) is 17.8. The Morgan fingerprint density at radius 2 is 1.80 bits per heavy atom. The van der Waals surface area contributed by atoms with Crippen LogP contribution in [0.25, 0.3) is 0 Å². The average Bonchev–Trinajstić information content (AvgIpc) is 2.94. The Labute approximate surface area is 88.5 Å². The van der Waals surface area contributed by atoms with Crippen molar-refractivity contribution in [2.45, 2.75) is 25.2 Å². The van der Waals surface area contributed by atoms with E-state index in [4.69, 9.17) is 0 Å². The number of hydrogen-bond donors (Lipinski definition) is 1. The lowest BCUT2D eigenvalue weighted by molar-refractivity contribution is 0.553. The summed E-state index contributed by atoms with van der Waals surface area (Å²) in [6.45, 7) is 3.73. The van der Waals surface area contributed by atoms with Gasteiger partial charge in [-0.2, -0.15) is 0 Å². The fraction of sp³-hybridized carbons (Fsp3) is 0.500. The molecule has 0 aliphatic heterocycles. The van der Waals surface area contributed by atoms with E-state index < -0.39 is 11.6 Å². The summed E-state index contributed by atoms with van der Waals surface area (Å²) >= 11 is 0. The predicted octanol–water partition coefficient (Wildman–Crippen LogP) is 2.61. The molecule has 1 saturated carbocycles. The molecule has 82 valence electrons. The third-order valence-corrected chi connectivity index (χ3v) is 3.04. The quantitative estimate of drug-likeness (QED) is 0.807. The Kier molecular flexibility index (Phi) is 2.74. The van der Waals surface area contributed by atoms with Gasteiger partial charge < -0.3 is 5.32 Å². The van der Waals surface area contributed by atoms with Crippen LogP contribution < -0.4 is 5.32 Å². The highest BCUT2D eigenvalue weighted by molar-refractivity contribution is 5.32. The van der Waals surface area contributed by atoms with Crippen LogP contribution in [0.4, 0.5) is 8.78 Å².